The van der Waals surface area contributed by atoms with E-state index in [1.54, 1.807) is 6.07 Å². The molecular weight excluding hydrogens is 224 g/mol. The molecule has 0 amide bonds. The molecule has 0 radical (unpaired) electrons. The second-order valence-corrected chi connectivity index (χ2v) is 5.12. The quantitative estimate of drug-likeness (QED) is 0.763. The highest BCUT2D eigenvalue weighted by Gasteiger charge is 2.40. The zero-order valence-electron chi connectivity index (χ0n) is 9.01. The number of fused-ring (bicyclic) bond motifs is 2. The molecule has 2 atom stereocenters. The smallest absolute Gasteiger partial charge is 0.131 e. The molecule has 0 aliphatic carbocycles. The van der Waals surface area contributed by atoms with Gasteiger partial charge >= 0.3 is 0 Å². The first-order chi connectivity index (χ1) is 7.74. The summed E-state index contributed by atoms with van der Waals surface area (Å²) >= 11 is 5.92. The molecule has 0 spiro atoms. The van der Waals surface area contributed by atoms with E-state index in [1.807, 2.05) is 12.1 Å². The number of aromatic nitrogens is 1. The van der Waals surface area contributed by atoms with Crippen LogP contribution in [-0.2, 0) is 0 Å². The molecule has 3 rings (SSSR count). The van der Waals surface area contributed by atoms with Crippen LogP contribution in [-0.4, -0.2) is 28.3 Å². The molecule has 0 aromatic carbocycles. The summed E-state index contributed by atoms with van der Waals surface area (Å²) in [4.78, 5) is 6.72. The van der Waals surface area contributed by atoms with Crippen molar-refractivity contribution in [3.05, 3.63) is 23.4 Å². The third-order valence-corrected chi connectivity index (χ3v) is 3.88. The minimum absolute atomic E-state index is 0.132. The number of piperidine rings is 1. The molecular formula is C12H15ClN2O. The van der Waals surface area contributed by atoms with Gasteiger partial charge in [-0.15, -0.1) is 0 Å². The molecule has 1 N–H and O–H groups in total. The molecule has 2 bridgehead atoms. The van der Waals surface area contributed by atoms with Gasteiger partial charge in [0.25, 0.3) is 0 Å². The lowest BCUT2D eigenvalue weighted by Crippen LogP contribution is -2.45. The summed E-state index contributed by atoms with van der Waals surface area (Å²) in [5.74, 6) is 0.965. The first kappa shape index (κ1) is 10.4. The van der Waals surface area contributed by atoms with E-state index in [2.05, 4.69) is 9.88 Å². The van der Waals surface area contributed by atoms with Gasteiger partial charge in [-0.2, -0.15) is 0 Å². The van der Waals surface area contributed by atoms with E-state index < -0.39 is 0 Å². The molecule has 3 nitrogen and oxygen atoms in total. The fraction of sp³-hybridized carbons (Fsp3) is 0.583. The number of hydrogen-bond acceptors (Lipinski definition) is 3. The molecule has 1 aromatic heterocycles. The predicted octanol–water partition coefficient (Wildman–Crippen LogP) is 2.23. The summed E-state index contributed by atoms with van der Waals surface area (Å²) in [6.45, 7) is 0. The van der Waals surface area contributed by atoms with Crippen LogP contribution in [0.25, 0.3) is 0 Å². The topological polar surface area (TPSA) is 36.4 Å². The second kappa shape index (κ2) is 3.90. The highest BCUT2D eigenvalue weighted by atomic mass is 35.5. The Labute approximate surface area is 100 Å². The zero-order valence-corrected chi connectivity index (χ0v) is 9.77. The zero-order chi connectivity index (χ0) is 11.1. The molecule has 0 saturated carbocycles. The second-order valence-electron chi connectivity index (χ2n) is 4.74. The van der Waals surface area contributed by atoms with Crippen molar-refractivity contribution in [2.45, 2.75) is 43.9 Å². The lowest BCUT2D eigenvalue weighted by molar-refractivity contribution is 0.126. The molecule has 2 aliphatic rings. The summed E-state index contributed by atoms with van der Waals surface area (Å²) in [5.41, 5.74) is 0. The number of anilines is 1. The molecule has 2 aliphatic heterocycles. The average Bonchev–Trinajstić information content (AvgIpc) is 2.51. The highest BCUT2D eigenvalue weighted by Crippen LogP contribution is 2.38. The van der Waals surface area contributed by atoms with Crippen molar-refractivity contribution >= 4 is 17.4 Å². The molecule has 86 valence electrons. The van der Waals surface area contributed by atoms with Crippen LogP contribution >= 0.6 is 11.6 Å². The summed E-state index contributed by atoms with van der Waals surface area (Å²) in [6, 6.07) is 6.63. The molecule has 2 unspecified atom stereocenters. The molecule has 2 saturated heterocycles. The van der Waals surface area contributed by atoms with E-state index in [0.717, 1.165) is 31.5 Å². The van der Waals surface area contributed by atoms with E-state index in [0.29, 0.717) is 17.2 Å². The van der Waals surface area contributed by atoms with E-state index in [-0.39, 0.29) is 6.10 Å². The van der Waals surface area contributed by atoms with Crippen LogP contribution in [0.3, 0.4) is 0 Å². The van der Waals surface area contributed by atoms with Crippen LogP contribution in [0.15, 0.2) is 18.2 Å². The number of nitrogens with zero attached hydrogens (tertiary/aromatic N) is 2. The van der Waals surface area contributed by atoms with E-state index in [1.165, 1.54) is 0 Å². The lowest BCUT2D eigenvalue weighted by atomic mass is 10.00. The standard InChI is InChI=1S/C12H15ClN2O/c13-11-2-1-3-12(14-11)15-8-4-5-9(15)7-10(16)6-8/h1-3,8-10,16H,4-7H2. The summed E-state index contributed by atoms with van der Waals surface area (Å²) in [5, 5.41) is 10.3. The van der Waals surface area contributed by atoms with Gasteiger partial charge in [-0.1, -0.05) is 17.7 Å². The molecule has 16 heavy (non-hydrogen) atoms. The maximum atomic E-state index is 9.74. The predicted molar refractivity (Wildman–Crippen MR) is 63.8 cm³/mol. The van der Waals surface area contributed by atoms with Gasteiger partial charge in [0.05, 0.1) is 6.10 Å². The molecule has 2 fully saturated rings. The average molecular weight is 239 g/mol. The van der Waals surface area contributed by atoms with E-state index in [4.69, 9.17) is 11.6 Å². The van der Waals surface area contributed by atoms with Gasteiger partial charge in [-0.05, 0) is 37.8 Å². The third kappa shape index (κ3) is 1.68. The number of aliphatic hydroxyl groups excluding tert-OH is 1. The summed E-state index contributed by atoms with van der Waals surface area (Å²) in [7, 11) is 0. The number of halogens is 1. The molecule has 1 aromatic rings. The minimum atomic E-state index is -0.132. The number of rotatable bonds is 1. The van der Waals surface area contributed by atoms with Gasteiger partial charge < -0.3 is 10.0 Å². The Kier molecular flexibility index (Phi) is 2.52. The van der Waals surface area contributed by atoms with Gasteiger partial charge in [-0.3, -0.25) is 0 Å². The minimum Gasteiger partial charge on any atom is -0.393 e. The summed E-state index contributed by atoms with van der Waals surface area (Å²) in [6.07, 6.45) is 3.93. The Balaban J connectivity index is 1.91. The maximum Gasteiger partial charge on any atom is 0.131 e. The van der Waals surface area contributed by atoms with Crippen LogP contribution in [0, 0.1) is 0 Å². The first-order valence-electron chi connectivity index (χ1n) is 5.83. The number of pyridine rings is 1. The van der Waals surface area contributed by atoms with Crippen LogP contribution in [0.1, 0.15) is 25.7 Å². The van der Waals surface area contributed by atoms with Crippen LogP contribution in [0.2, 0.25) is 5.15 Å². The van der Waals surface area contributed by atoms with Gasteiger partial charge in [0.15, 0.2) is 0 Å². The molecule has 3 heterocycles. The van der Waals surface area contributed by atoms with Crippen molar-refractivity contribution in [2.75, 3.05) is 4.90 Å². The number of aliphatic hydroxyl groups is 1. The van der Waals surface area contributed by atoms with Crippen molar-refractivity contribution in [2.24, 2.45) is 0 Å². The fourth-order valence-corrected chi connectivity index (χ4v) is 3.22. The lowest BCUT2D eigenvalue weighted by Gasteiger charge is -2.38. The van der Waals surface area contributed by atoms with Crippen LogP contribution in [0.5, 0.6) is 0 Å². The Morgan fingerprint density at radius 1 is 1.25 bits per heavy atom. The van der Waals surface area contributed by atoms with Crippen molar-refractivity contribution in [3.63, 3.8) is 0 Å². The van der Waals surface area contributed by atoms with E-state index >= 15 is 0 Å². The maximum absolute atomic E-state index is 9.74. The third-order valence-electron chi connectivity index (χ3n) is 3.67. The monoisotopic (exact) mass is 238 g/mol. The van der Waals surface area contributed by atoms with Crippen LogP contribution in [0.4, 0.5) is 5.82 Å². The van der Waals surface area contributed by atoms with Gasteiger partial charge in [0, 0.05) is 12.1 Å². The Morgan fingerprint density at radius 2 is 1.94 bits per heavy atom. The van der Waals surface area contributed by atoms with Gasteiger partial charge in [0.1, 0.15) is 11.0 Å². The Hall–Kier alpha value is -0.800. The van der Waals surface area contributed by atoms with Crippen molar-refractivity contribution < 1.29 is 5.11 Å². The fourth-order valence-electron chi connectivity index (χ4n) is 3.06. The Bertz CT molecular complexity index is 384. The number of hydrogen-bond donors (Lipinski definition) is 1. The van der Waals surface area contributed by atoms with Crippen LogP contribution < -0.4 is 4.90 Å². The van der Waals surface area contributed by atoms with Gasteiger partial charge in [0.2, 0.25) is 0 Å². The SMILES string of the molecule is OC1CC2CCC(C1)N2c1cccc(Cl)n1. The highest BCUT2D eigenvalue weighted by molar-refractivity contribution is 6.29. The largest absolute Gasteiger partial charge is 0.393 e. The van der Waals surface area contributed by atoms with Crippen molar-refractivity contribution in [1.82, 2.24) is 4.98 Å². The summed E-state index contributed by atoms with van der Waals surface area (Å²) < 4.78 is 0. The molecule has 4 heteroatoms. The Morgan fingerprint density at radius 3 is 2.56 bits per heavy atom. The first-order valence-corrected chi connectivity index (χ1v) is 6.21. The van der Waals surface area contributed by atoms with Crippen molar-refractivity contribution in [3.8, 4) is 0 Å². The van der Waals surface area contributed by atoms with E-state index in [9.17, 15) is 5.11 Å². The normalized spacial score (nSPS) is 33.1. The van der Waals surface area contributed by atoms with Gasteiger partial charge in [-0.25, -0.2) is 4.98 Å². The van der Waals surface area contributed by atoms with Crippen molar-refractivity contribution in [1.29, 1.82) is 0 Å².